The molecule has 1 unspecified atom stereocenters. The lowest BCUT2D eigenvalue weighted by molar-refractivity contribution is 0.203. The van der Waals surface area contributed by atoms with Crippen molar-refractivity contribution in [1.82, 2.24) is 20.2 Å². The summed E-state index contributed by atoms with van der Waals surface area (Å²) in [6.07, 6.45) is 0. The Labute approximate surface area is 109 Å². The number of ether oxygens (including phenoxy) is 1. The molecule has 0 bridgehead atoms. The maximum atomic E-state index is 9.26. The molecular weight excluding hydrogens is 252 g/mol. The Kier molecular flexibility index (Phi) is 4.16. The van der Waals surface area contributed by atoms with Crippen molar-refractivity contribution in [2.45, 2.75) is 17.3 Å². The predicted octanol–water partition coefficient (Wildman–Crippen LogP) is 1.49. The molecule has 7 heteroatoms. The number of rotatable bonds is 5. The molecule has 1 atom stereocenters. The maximum Gasteiger partial charge on any atom is 0.214 e. The molecular formula is C11H14N4O2S. The fourth-order valence-corrected chi connectivity index (χ4v) is 2.35. The molecule has 18 heavy (non-hydrogen) atoms. The summed E-state index contributed by atoms with van der Waals surface area (Å²) in [5, 5.41) is 21.8. The number of methoxy groups -OCH3 is 1. The van der Waals surface area contributed by atoms with Gasteiger partial charge >= 0.3 is 0 Å². The van der Waals surface area contributed by atoms with Gasteiger partial charge in [0.25, 0.3) is 0 Å². The monoisotopic (exact) mass is 266 g/mol. The molecule has 0 radical (unpaired) electrons. The van der Waals surface area contributed by atoms with Gasteiger partial charge in [-0.05, 0) is 34.7 Å². The Morgan fingerprint density at radius 2 is 2.11 bits per heavy atom. The van der Waals surface area contributed by atoms with Gasteiger partial charge in [0.15, 0.2) is 0 Å². The molecule has 96 valence electrons. The van der Waals surface area contributed by atoms with Crippen LogP contribution in [0, 0.1) is 0 Å². The van der Waals surface area contributed by atoms with Crippen molar-refractivity contribution in [3.05, 3.63) is 24.3 Å². The Hall–Kier alpha value is -1.60. The lowest BCUT2D eigenvalue weighted by Gasteiger charge is -2.09. The van der Waals surface area contributed by atoms with Crippen molar-refractivity contribution < 1.29 is 9.84 Å². The molecule has 0 amide bonds. The molecule has 1 aromatic heterocycles. The van der Waals surface area contributed by atoms with Crippen LogP contribution >= 0.6 is 11.8 Å². The molecule has 2 aromatic rings. The molecule has 2 rings (SSSR count). The van der Waals surface area contributed by atoms with E-state index in [9.17, 15) is 5.11 Å². The molecule has 1 aromatic carbocycles. The minimum Gasteiger partial charge on any atom is -0.508 e. The topological polar surface area (TPSA) is 73.1 Å². The molecule has 0 aliphatic heterocycles. The SMILES string of the molecule is COCC(C)Sc1nnnn1-c1ccc(O)cc1. The fourth-order valence-electron chi connectivity index (χ4n) is 1.46. The summed E-state index contributed by atoms with van der Waals surface area (Å²) in [5.41, 5.74) is 0.810. The van der Waals surface area contributed by atoms with E-state index in [1.54, 1.807) is 36.1 Å². The summed E-state index contributed by atoms with van der Waals surface area (Å²) in [6.45, 7) is 2.68. The minimum absolute atomic E-state index is 0.216. The van der Waals surface area contributed by atoms with Crippen LogP contribution in [0.3, 0.4) is 0 Å². The Balaban J connectivity index is 2.19. The van der Waals surface area contributed by atoms with Gasteiger partial charge in [-0.3, -0.25) is 0 Å². The first-order chi connectivity index (χ1) is 8.70. The van der Waals surface area contributed by atoms with Crippen LogP contribution in [0.15, 0.2) is 29.4 Å². The summed E-state index contributed by atoms with van der Waals surface area (Å²) in [7, 11) is 1.67. The zero-order valence-electron chi connectivity index (χ0n) is 10.1. The molecule has 1 N–H and O–H groups in total. The molecule has 0 aliphatic rings. The molecule has 0 saturated heterocycles. The van der Waals surface area contributed by atoms with Gasteiger partial charge in [-0.15, -0.1) is 5.10 Å². The number of hydrogen-bond acceptors (Lipinski definition) is 6. The number of aromatic hydroxyl groups is 1. The van der Waals surface area contributed by atoms with Crippen LogP contribution in [-0.2, 0) is 4.74 Å². The van der Waals surface area contributed by atoms with Crippen LogP contribution in [0.5, 0.6) is 5.75 Å². The highest BCUT2D eigenvalue weighted by Gasteiger charge is 2.13. The normalized spacial score (nSPS) is 12.6. The third-order valence-corrected chi connectivity index (χ3v) is 3.25. The number of phenols is 1. The van der Waals surface area contributed by atoms with Crippen LogP contribution < -0.4 is 0 Å². The summed E-state index contributed by atoms with van der Waals surface area (Å²) < 4.78 is 6.72. The highest BCUT2D eigenvalue weighted by Crippen LogP contribution is 2.23. The van der Waals surface area contributed by atoms with E-state index < -0.39 is 0 Å². The molecule has 0 spiro atoms. The van der Waals surface area contributed by atoms with Crippen molar-refractivity contribution in [2.75, 3.05) is 13.7 Å². The van der Waals surface area contributed by atoms with Gasteiger partial charge in [-0.25, -0.2) is 0 Å². The maximum absolute atomic E-state index is 9.26. The van der Waals surface area contributed by atoms with E-state index in [1.165, 1.54) is 11.8 Å². The van der Waals surface area contributed by atoms with E-state index in [4.69, 9.17) is 4.74 Å². The third kappa shape index (κ3) is 2.99. The van der Waals surface area contributed by atoms with Gasteiger partial charge in [-0.2, -0.15) is 4.68 Å². The molecule has 6 nitrogen and oxygen atoms in total. The van der Waals surface area contributed by atoms with Crippen LogP contribution in [-0.4, -0.2) is 44.3 Å². The predicted molar refractivity (Wildman–Crippen MR) is 68.0 cm³/mol. The van der Waals surface area contributed by atoms with Gasteiger partial charge in [0, 0.05) is 12.4 Å². The number of nitrogens with zero attached hydrogens (tertiary/aromatic N) is 4. The first-order valence-electron chi connectivity index (χ1n) is 5.44. The van der Waals surface area contributed by atoms with Gasteiger partial charge in [0.2, 0.25) is 5.16 Å². The first-order valence-corrected chi connectivity index (χ1v) is 6.32. The van der Waals surface area contributed by atoms with Gasteiger partial charge < -0.3 is 9.84 Å². The standard InChI is InChI=1S/C11H14N4O2S/c1-8(7-17-2)18-11-12-13-14-15(11)9-3-5-10(16)6-4-9/h3-6,8,16H,7H2,1-2H3. The smallest absolute Gasteiger partial charge is 0.214 e. The summed E-state index contributed by atoms with van der Waals surface area (Å²) in [5.74, 6) is 0.216. The Bertz CT molecular complexity index is 500. The van der Waals surface area contributed by atoms with E-state index in [-0.39, 0.29) is 11.0 Å². The fraction of sp³-hybridized carbons (Fsp3) is 0.364. The van der Waals surface area contributed by atoms with Crippen LogP contribution in [0.25, 0.3) is 5.69 Å². The van der Waals surface area contributed by atoms with Crippen molar-refractivity contribution in [1.29, 1.82) is 0 Å². The number of benzene rings is 1. The number of aromatic nitrogens is 4. The summed E-state index contributed by atoms with van der Waals surface area (Å²) in [6, 6.07) is 6.72. The van der Waals surface area contributed by atoms with Crippen LogP contribution in [0.2, 0.25) is 0 Å². The van der Waals surface area contributed by atoms with Gasteiger partial charge in [0.05, 0.1) is 12.3 Å². The summed E-state index contributed by atoms with van der Waals surface area (Å²) >= 11 is 1.54. The minimum atomic E-state index is 0.216. The van der Waals surface area contributed by atoms with Crippen molar-refractivity contribution in [3.8, 4) is 11.4 Å². The Morgan fingerprint density at radius 3 is 2.78 bits per heavy atom. The largest absolute Gasteiger partial charge is 0.508 e. The van der Waals surface area contributed by atoms with Crippen molar-refractivity contribution >= 4 is 11.8 Å². The van der Waals surface area contributed by atoms with E-state index in [0.29, 0.717) is 11.8 Å². The number of phenolic OH excluding ortho intramolecular Hbond substituents is 1. The lowest BCUT2D eigenvalue weighted by atomic mass is 10.3. The summed E-state index contributed by atoms with van der Waals surface area (Å²) in [4.78, 5) is 0. The lowest BCUT2D eigenvalue weighted by Crippen LogP contribution is -2.07. The second kappa shape index (κ2) is 5.83. The van der Waals surface area contributed by atoms with Gasteiger partial charge in [-0.1, -0.05) is 18.7 Å². The van der Waals surface area contributed by atoms with Crippen molar-refractivity contribution in [2.24, 2.45) is 0 Å². The molecule has 0 aliphatic carbocycles. The van der Waals surface area contributed by atoms with E-state index >= 15 is 0 Å². The van der Waals surface area contributed by atoms with E-state index in [0.717, 1.165) is 5.69 Å². The number of hydrogen-bond donors (Lipinski definition) is 1. The molecule has 1 heterocycles. The van der Waals surface area contributed by atoms with Crippen LogP contribution in [0.4, 0.5) is 0 Å². The van der Waals surface area contributed by atoms with E-state index in [1.807, 2.05) is 6.92 Å². The zero-order valence-corrected chi connectivity index (χ0v) is 11.0. The average molecular weight is 266 g/mol. The van der Waals surface area contributed by atoms with E-state index in [2.05, 4.69) is 15.5 Å². The highest BCUT2D eigenvalue weighted by molar-refractivity contribution is 7.99. The molecule has 0 saturated carbocycles. The van der Waals surface area contributed by atoms with Crippen LogP contribution in [0.1, 0.15) is 6.92 Å². The quantitative estimate of drug-likeness (QED) is 0.827. The number of thioether (sulfide) groups is 1. The zero-order chi connectivity index (χ0) is 13.0. The average Bonchev–Trinajstić information content (AvgIpc) is 2.78. The first kappa shape index (κ1) is 12.8. The second-order valence-electron chi connectivity index (χ2n) is 3.77. The third-order valence-electron chi connectivity index (χ3n) is 2.24. The number of tetrazole rings is 1. The van der Waals surface area contributed by atoms with Gasteiger partial charge in [0.1, 0.15) is 5.75 Å². The highest BCUT2D eigenvalue weighted by atomic mass is 32.2. The Morgan fingerprint density at radius 1 is 1.39 bits per heavy atom. The molecule has 0 fully saturated rings. The second-order valence-corrected chi connectivity index (χ2v) is 5.18. The van der Waals surface area contributed by atoms with Crippen molar-refractivity contribution in [3.63, 3.8) is 0 Å².